The Hall–Kier alpha value is -1.09. The van der Waals surface area contributed by atoms with Crippen molar-refractivity contribution in [3.8, 4) is 0 Å². The third-order valence-corrected chi connectivity index (χ3v) is 4.57. The Labute approximate surface area is 135 Å². The fraction of sp³-hybridized carbons (Fsp3) is 0.737. The van der Waals surface area contributed by atoms with E-state index in [1.807, 2.05) is 6.92 Å². The predicted molar refractivity (Wildman–Crippen MR) is 90.6 cm³/mol. The number of aliphatic hydroxyl groups excluding tert-OH is 1. The van der Waals surface area contributed by atoms with Crippen molar-refractivity contribution >= 4 is 5.97 Å². The molecule has 1 N–H and O–H groups in total. The van der Waals surface area contributed by atoms with Gasteiger partial charge in [-0.1, -0.05) is 57.3 Å². The molecule has 0 aromatic heterocycles. The van der Waals surface area contributed by atoms with Gasteiger partial charge < -0.3 is 9.84 Å². The van der Waals surface area contributed by atoms with Crippen LogP contribution < -0.4 is 0 Å². The molecule has 0 bridgehead atoms. The van der Waals surface area contributed by atoms with Crippen LogP contribution in [0.2, 0.25) is 0 Å². The van der Waals surface area contributed by atoms with Crippen molar-refractivity contribution in [1.29, 1.82) is 0 Å². The van der Waals surface area contributed by atoms with Crippen molar-refractivity contribution in [2.75, 3.05) is 7.11 Å². The monoisotopic (exact) mass is 308 g/mol. The van der Waals surface area contributed by atoms with Crippen molar-refractivity contribution < 1.29 is 14.6 Å². The Bertz CT molecular complexity index is 395. The number of allylic oxidation sites excluding steroid dienone is 2. The van der Waals surface area contributed by atoms with Crippen LogP contribution >= 0.6 is 0 Å². The zero-order valence-corrected chi connectivity index (χ0v) is 14.4. The van der Waals surface area contributed by atoms with Crippen LogP contribution in [0.5, 0.6) is 0 Å². The molecule has 22 heavy (non-hydrogen) atoms. The molecule has 0 fully saturated rings. The first-order chi connectivity index (χ1) is 10.5. The molecule has 1 aliphatic rings. The number of esters is 1. The van der Waals surface area contributed by atoms with Gasteiger partial charge in [0, 0.05) is 6.42 Å². The van der Waals surface area contributed by atoms with E-state index in [-0.39, 0.29) is 17.5 Å². The molecule has 0 aromatic rings. The highest BCUT2D eigenvalue weighted by atomic mass is 16.5. The molecule has 1 rings (SSSR count). The molecule has 0 radical (unpaired) electrons. The molecule has 2 atom stereocenters. The molecule has 0 saturated carbocycles. The van der Waals surface area contributed by atoms with E-state index in [2.05, 4.69) is 29.9 Å². The maximum atomic E-state index is 11.0. The summed E-state index contributed by atoms with van der Waals surface area (Å²) in [6, 6.07) is 0. The molecular weight excluding hydrogens is 276 g/mol. The summed E-state index contributed by atoms with van der Waals surface area (Å²) in [4.78, 5) is 11.0. The molecule has 0 amide bonds. The lowest BCUT2D eigenvalue weighted by molar-refractivity contribution is -0.140. The van der Waals surface area contributed by atoms with Crippen LogP contribution in [0.4, 0.5) is 0 Å². The standard InChI is InChI=1S/C19H32O3/c1-16(20)17-11-14-19(2,15-12-17)13-9-7-5-4-6-8-10-18(21)22-3/h11-12,14,16,20H,4-10,13,15H2,1-3H3. The Kier molecular flexibility index (Phi) is 8.47. The van der Waals surface area contributed by atoms with Gasteiger partial charge in [-0.05, 0) is 37.2 Å². The SMILES string of the molecule is COC(=O)CCCCCCCCC1(C)C=CC(C(C)O)=CC1. The summed E-state index contributed by atoms with van der Waals surface area (Å²) in [5.41, 5.74) is 1.30. The second-order valence-electron chi connectivity index (χ2n) is 6.77. The summed E-state index contributed by atoms with van der Waals surface area (Å²) in [6.07, 6.45) is 16.0. The van der Waals surface area contributed by atoms with E-state index < -0.39 is 0 Å². The maximum Gasteiger partial charge on any atom is 0.305 e. The van der Waals surface area contributed by atoms with Gasteiger partial charge in [-0.25, -0.2) is 0 Å². The van der Waals surface area contributed by atoms with Crippen LogP contribution in [-0.4, -0.2) is 24.3 Å². The lowest BCUT2D eigenvalue weighted by Crippen LogP contribution is -2.17. The number of carbonyl (C=O) groups excluding carboxylic acids is 1. The summed E-state index contributed by atoms with van der Waals surface area (Å²) in [7, 11) is 1.45. The van der Waals surface area contributed by atoms with Gasteiger partial charge in [0.1, 0.15) is 0 Å². The van der Waals surface area contributed by atoms with E-state index in [4.69, 9.17) is 0 Å². The van der Waals surface area contributed by atoms with Crippen LogP contribution in [0, 0.1) is 5.41 Å². The van der Waals surface area contributed by atoms with Crippen molar-refractivity contribution in [3.05, 3.63) is 23.8 Å². The van der Waals surface area contributed by atoms with Gasteiger partial charge in [0.05, 0.1) is 13.2 Å². The van der Waals surface area contributed by atoms with E-state index in [9.17, 15) is 9.90 Å². The average molecular weight is 308 g/mol. The zero-order valence-electron chi connectivity index (χ0n) is 14.4. The minimum absolute atomic E-state index is 0.0957. The number of carbonyl (C=O) groups is 1. The number of hydrogen-bond acceptors (Lipinski definition) is 3. The van der Waals surface area contributed by atoms with Gasteiger partial charge in [0.25, 0.3) is 0 Å². The van der Waals surface area contributed by atoms with Crippen molar-refractivity contribution in [1.82, 2.24) is 0 Å². The highest BCUT2D eigenvalue weighted by molar-refractivity contribution is 5.68. The fourth-order valence-electron chi connectivity index (χ4n) is 2.89. The Balaban J connectivity index is 2.06. The van der Waals surface area contributed by atoms with Gasteiger partial charge in [-0.3, -0.25) is 4.79 Å². The number of ether oxygens (including phenoxy) is 1. The maximum absolute atomic E-state index is 11.0. The second-order valence-corrected chi connectivity index (χ2v) is 6.77. The van der Waals surface area contributed by atoms with E-state index in [1.54, 1.807) is 0 Å². The smallest absolute Gasteiger partial charge is 0.305 e. The fourth-order valence-corrected chi connectivity index (χ4v) is 2.89. The van der Waals surface area contributed by atoms with Gasteiger partial charge in [-0.15, -0.1) is 0 Å². The van der Waals surface area contributed by atoms with E-state index in [0.717, 1.165) is 24.8 Å². The van der Waals surface area contributed by atoms with Gasteiger partial charge in [-0.2, -0.15) is 0 Å². The number of unbranched alkanes of at least 4 members (excludes halogenated alkanes) is 5. The summed E-state index contributed by atoms with van der Waals surface area (Å²) in [5.74, 6) is -0.0957. The molecule has 1 aliphatic carbocycles. The second kappa shape index (κ2) is 9.83. The Morgan fingerprint density at radius 3 is 2.45 bits per heavy atom. The molecule has 3 heteroatoms. The summed E-state index contributed by atoms with van der Waals surface area (Å²) in [5, 5.41) is 9.57. The summed E-state index contributed by atoms with van der Waals surface area (Å²) in [6.45, 7) is 4.12. The predicted octanol–water partition coefficient (Wildman–Crippen LogP) is 4.55. The number of rotatable bonds is 10. The molecule has 0 heterocycles. The molecule has 2 unspecified atom stereocenters. The summed E-state index contributed by atoms with van der Waals surface area (Å²) >= 11 is 0. The van der Waals surface area contributed by atoms with Crippen molar-refractivity contribution in [3.63, 3.8) is 0 Å². The largest absolute Gasteiger partial charge is 0.469 e. The van der Waals surface area contributed by atoms with E-state index in [1.165, 1.54) is 39.2 Å². The van der Waals surface area contributed by atoms with Crippen LogP contribution in [0.25, 0.3) is 0 Å². The van der Waals surface area contributed by atoms with E-state index >= 15 is 0 Å². The van der Waals surface area contributed by atoms with Gasteiger partial charge in [0.2, 0.25) is 0 Å². The first-order valence-electron chi connectivity index (χ1n) is 8.61. The van der Waals surface area contributed by atoms with Crippen LogP contribution in [-0.2, 0) is 9.53 Å². The van der Waals surface area contributed by atoms with E-state index in [0.29, 0.717) is 6.42 Å². The molecular formula is C19H32O3. The first kappa shape index (κ1) is 19.0. The summed E-state index contributed by atoms with van der Waals surface area (Å²) < 4.78 is 4.63. The average Bonchev–Trinajstić information content (AvgIpc) is 2.50. The van der Waals surface area contributed by atoms with Crippen molar-refractivity contribution in [2.24, 2.45) is 5.41 Å². The quantitative estimate of drug-likeness (QED) is 0.475. The van der Waals surface area contributed by atoms with Crippen LogP contribution in [0.15, 0.2) is 23.8 Å². The Morgan fingerprint density at radius 1 is 1.27 bits per heavy atom. The third-order valence-electron chi connectivity index (χ3n) is 4.57. The highest BCUT2D eigenvalue weighted by Gasteiger charge is 2.22. The van der Waals surface area contributed by atoms with Crippen LogP contribution in [0.3, 0.4) is 0 Å². The minimum Gasteiger partial charge on any atom is -0.469 e. The Morgan fingerprint density at radius 2 is 1.91 bits per heavy atom. The number of hydrogen-bond donors (Lipinski definition) is 1. The molecule has 0 saturated heterocycles. The molecule has 3 nitrogen and oxygen atoms in total. The van der Waals surface area contributed by atoms with Gasteiger partial charge >= 0.3 is 5.97 Å². The third kappa shape index (κ3) is 7.26. The topological polar surface area (TPSA) is 46.5 Å². The van der Waals surface area contributed by atoms with Crippen molar-refractivity contribution in [2.45, 2.75) is 77.7 Å². The van der Waals surface area contributed by atoms with Gasteiger partial charge in [0.15, 0.2) is 0 Å². The molecule has 0 aromatic carbocycles. The molecule has 126 valence electrons. The molecule has 0 aliphatic heterocycles. The minimum atomic E-state index is -0.356. The molecule has 0 spiro atoms. The lowest BCUT2D eigenvalue weighted by Gasteiger charge is -2.28. The number of methoxy groups -OCH3 is 1. The number of aliphatic hydroxyl groups is 1. The normalized spacial score (nSPS) is 22.3. The highest BCUT2D eigenvalue weighted by Crippen LogP contribution is 2.35. The van der Waals surface area contributed by atoms with Crippen LogP contribution in [0.1, 0.15) is 71.6 Å². The lowest BCUT2D eigenvalue weighted by atomic mass is 9.77. The zero-order chi connectivity index (χ0) is 16.4. The first-order valence-corrected chi connectivity index (χ1v) is 8.61.